The summed E-state index contributed by atoms with van der Waals surface area (Å²) in [4.78, 5) is 0. The smallest absolute Gasteiger partial charge is 0.0282 e. The molecule has 0 radical (unpaired) electrons. The van der Waals surface area contributed by atoms with Gasteiger partial charge in [-0.1, -0.05) is 31.2 Å². The van der Waals surface area contributed by atoms with Crippen molar-refractivity contribution in [1.29, 1.82) is 0 Å². The van der Waals surface area contributed by atoms with Crippen molar-refractivity contribution in [3.8, 4) is 0 Å². The molecule has 1 aromatic rings. The molecule has 1 aliphatic rings. The minimum Gasteiger partial charge on any atom is -0.311 e. The van der Waals surface area contributed by atoms with Crippen LogP contribution in [0.1, 0.15) is 30.9 Å². The summed E-state index contributed by atoms with van der Waals surface area (Å²) < 4.78 is 0.573. The summed E-state index contributed by atoms with van der Waals surface area (Å²) in [5, 5.41) is 3.57. The third-order valence-corrected chi connectivity index (χ3v) is 4.87. The Morgan fingerprint density at radius 1 is 1.19 bits per heavy atom. The van der Waals surface area contributed by atoms with Gasteiger partial charge in [0.2, 0.25) is 0 Å². The maximum atomic E-state index is 3.57. The van der Waals surface area contributed by atoms with E-state index < -0.39 is 0 Å². The standard InChI is InChI=1S/C14H21NS/c1-3-12-4-6-13(7-5-12)10-15-11-14(16-2)8-9-14/h4-7,15H,3,8-11H2,1-2H3. The Balaban J connectivity index is 1.76. The van der Waals surface area contributed by atoms with Crippen LogP contribution in [0.3, 0.4) is 0 Å². The SMILES string of the molecule is CCc1ccc(CNCC2(SC)CC2)cc1. The molecule has 1 nitrogen and oxygen atoms in total. The van der Waals surface area contributed by atoms with Crippen molar-refractivity contribution in [2.75, 3.05) is 12.8 Å². The first-order valence-corrected chi connectivity index (χ1v) is 7.34. The van der Waals surface area contributed by atoms with Gasteiger partial charge in [-0.2, -0.15) is 11.8 Å². The summed E-state index contributed by atoms with van der Waals surface area (Å²) in [5.74, 6) is 0. The van der Waals surface area contributed by atoms with Gasteiger partial charge in [0.15, 0.2) is 0 Å². The van der Waals surface area contributed by atoms with Crippen molar-refractivity contribution in [3.63, 3.8) is 0 Å². The monoisotopic (exact) mass is 235 g/mol. The molecule has 1 aromatic carbocycles. The summed E-state index contributed by atoms with van der Waals surface area (Å²) >= 11 is 2.02. The van der Waals surface area contributed by atoms with Gasteiger partial charge >= 0.3 is 0 Å². The lowest BCUT2D eigenvalue weighted by molar-refractivity contribution is 0.663. The Kier molecular flexibility index (Phi) is 3.93. The number of benzene rings is 1. The summed E-state index contributed by atoms with van der Waals surface area (Å²) in [6, 6.07) is 8.95. The van der Waals surface area contributed by atoms with Crippen molar-refractivity contribution < 1.29 is 0 Å². The molecule has 16 heavy (non-hydrogen) atoms. The lowest BCUT2D eigenvalue weighted by atomic mass is 10.1. The second-order valence-electron chi connectivity index (χ2n) is 4.66. The van der Waals surface area contributed by atoms with E-state index in [4.69, 9.17) is 0 Å². The molecule has 0 bridgehead atoms. The number of hydrogen-bond acceptors (Lipinski definition) is 2. The average Bonchev–Trinajstić information content (AvgIpc) is 3.11. The summed E-state index contributed by atoms with van der Waals surface area (Å²) in [6.45, 7) is 4.36. The minimum absolute atomic E-state index is 0.573. The predicted molar refractivity (Wildman–Crippen MR) is 73.0 cm³/mol. The Labute approximate surface area is 103 Å². The third-order valence-electron chi connectivity index (χ3n) is 3.45. The fraction of sp³-hybridized carbons (Fsp3) is 0.571. The van der Waals surface area contributed by atoms with E-state index in [0.717, 1.165) is 19.5 Å². The number of hydrogen-bond donors (Lipinski definition) is 1. The van der Waals surface area contributed by atoms with E-state index in [-0.39, 0.29) is 0 Å². The van der Waals surface area contributed by atoms with Gasteiger partial charge in [0.05, 0.1) is 0 Å². The molecule has 2 heteroatoms. The Bertz CT molecular complexity index is 327. The van der Waals surface area contributed by atoms with Crippen LogP contribution in [0, 0.1) is 0 Å². The maximum Gasteiger partial charge on any atom is 0.0282 e. The highest BCUT2D eigenvalue weighted by molar-refractivity contribution is 8.00. The zero-order valence-electron chi connectivity index (χ0n) is 10.3. The van der Waals surface area contributed by atoms with Crippen molar-refractivity contribution in [3.05, 3.63) is 35.4 Å². The van der Waals surface area contributed by atoms with Gasteiger partial charge in [-0.3, -0.25) is 0 Å². The highest BCUT2D eigenvalue weighted by Gasteiger charge is 2.41. The highest BCUT2D eigenvalue weighted by Crippen LogP contribution is 2.46. The van der Waals surface area contributed by atoms with Crippen LogP contribution in [-0.2, 0) is 13.0 Å². The van der Waals surface area contributed by atoms with Gasteiger partial charge in [0.25, 0.3) is 0 Å². The van der Waals surface area contributed by atoms with Crippen LogP contribution in [-0.4, -0.2) is 17.5 Å². The second kappa shape index (κ2) is 5.24. The number of nitrogens with one attached hydrogen (secondary N) is 1. The Morgan fingerprint density at radius 3 is 2.31 bits per heavy atom. The molecule has 0 atom stereocenters. The van der Waals surface area contributed by atoms with Crippen LogP contribution in [0.4, 0.5) is 0 Å². The largest absolute Gasteiger partial charge is 0.311 e. The van der Waals surface area contributed by atoms with Crippen LogP contribution in [0.25, 0.3) is 0 Å². The molecule has 0 spiro atoms. The summed E-state index contributed by atoms with van der Waals surface area (Å²) in [5.41, 5.74) is 2.82. The molecule has 1 saturated carbocycles. The molecule has 2 rings (SSSR count). The number of thioether (sulfide) groups is 1. The van der Waals surface area contributed by atoms with Crippen LogP contribution < -0.4 is 5.32 Å². The fourth-order valence-corrected chi connectivity index (χ4v) is 2.68. The Hall–Kier alpha value is -0.470. The topological polar surface area (TPSA) is 12.0 Å². The molecule has 0 aliphatic heterocycles. The molecule has 0 amide bonds. The molecular weight excluding hydrogens is 214 g/mol. The van der Waals surface area contributed by atoms with E-state index in [1.54, 1.807) is 0 Å². The molecule has 0 saturated heterocycles. The molecule has 1 N–H and O–H groups in total. The summed E-state index contributed by atoms with van der Waals surface area (Å²) in [6.07, 6.45) is 6.12. The lowest BCUT2D eigenvalue weighted by Gasteiger charge is -2.13. The van der Waals surface area contributed by atoms with E-state index >= 15 is 0 Å². The lowest BCUT2D eigenvalue weighted by Crippen LogP contribution is -2.25. The number of rotatable bonds is 6. The normalized spacial score (nSPS) is 17.4. The first-order chi connectivity index (χ1) is 7.78. The van der Waals surface area contributed by atoms with Crippen LogP contribution in [0.2, 0.25) is 0 Å². The maximum absolute atomic E-state index is 3.57. The zero-order chi connectivity index (χ0) is 11.4. The fourth-order valence-electron chi connectivity index (χ4n) is 1.92. The van der Waals surface area contributed by atoms with E-state index in [2.05, 4.69) is 42.8 Å². The highest BCUT2D eigenvalue weighted by atomic mass is 32.2. The average molecular weight is 235 g/mol. The van der Waals surface area contributed by atoms with Gasteiger partial charge in [0, 0.05) is 17.8 Å². The molecule has 0 unspecified atom stereocenters. The van der Waals surface area contributed by atoms with Crippen molar-refractivity contribution in [2.24, 2.45) is 0 Å². The molecule has 1 fully saturated rings. The number of aryl methyl sites for hydroxylation is 1. The quantitative estimate of drug-likeness (QED) is 0.812. The second-order valence-corrected chi connectivity index (χ2v) is 5.94. The molecule has 88 valence electrons. The van der Waals surface area contributed by atoms with E-state index in [0.29, 0.717) is 4.75 Å². The molecular formula is C14H21NS. The summed E-state index contributed by atoms with van der Waals surface area (Å²) in [7, 11) is 0. The van der Waals surface area contributed by atoms with Crippen molar-refractivity contribution >= 4 is 11.8 Å². The first kappa shape index (κ1) is 12.0. The van der Waals surface area contributed by atoms with E-state index in [1.165, 1.54) is 24.0 Å². The first-order valence-electron chi connectivity index (χ1n) is 6.12. The van der Waals surface area contributed by atoms with E-state index in [9.17, 15) is 0 Å². The van der Waals surface area contributed by atoms with Gasteiger partial charge in [-0.05, 0) is 36.6 Å². The van der Waals surface area contributed by atoms with Crippen LogP contribution in [0.15, 0.2) is 24.3 Å². The van der Waals surface area contributed by atoms with Gasteiger partial charge in [-0.25, -0.2) is 0 Å². The Morgan fingerprint density at radius 2 is 1.81 bits per heavy atom. The van der Waals surface area contributed by atoms with Crippen LogP contribution >= 0.6 is 11.8 Å². The minimum atomic E-state index is 0.573. The van der Waals surface area contributed by atoms with E-state index in [1.807, 2.05) is 11.8 Å². The predicted octanol–water partition coefficient (Wildman–Crippen LogP) is 3.23. The van der Waals surface area contributed by atoms with Crippen molar-refractivity contribution in [2.45, 2.75) is 37.5 Å². The van der Waals surface area contributed by atoms with Gasteiger partial charge in [0.1, 0.15) is 0 Å². The molecule has 0 aromatic heterocycles. The zero-order valence-corrected chi connectivity index (χ0v) is 11.1. The van der Waals surface area contributed by atoms with Gasteiger partial charge in [-0.15, -0.1) is 0 Å². The third kappa shape index (κ3) is 3.02. The van der Waals surface area contributed by atoms with Crippen molar-refractivity contribution in [1.82, 2.24) is 5.32 Å². The molecule has 0 heterocycles. The molecule has 1 aliphatic carbocycles. The van der Waals surface area contributed by atoms with Gasteiger partial charge < -0.3 is 5.32 Å². The van der Waals surface area contributed by atoms with Crippen LogP contribution in [0.5, 0.6) is 0 Å².